The Morgan fingerprint density at radius 3 is 2.55 bits per heavy atom. The van der Waals surface area contributed by atoms with Gasteiger partial charge in [-0.2, -0.15) is 15.8 Å². The van der Waals surface area contributed by atoms with Crippen LogP contribution in [0.25, 0.3) is 0 Å². The lowest BCUT2D eigenvalue weighted by Crippen LogP contribution is -3.16. The van der Waals surface area contributed by atoms with Crippen molar-refractivity contribution in [1.29, 1.82) is 21.2 Å². The van der Waals surface area contributed by atoms with Gasteiger partial charge in [-0.05, 0) is 31.1 Å². The maximum Gasteiger partial charge on any atom is 0.242 e. The first-order valence-corrected chi connectivity index (χ1v) is 9.68. The number of nitrogens with zero attached hydrogens (tertiary/aromatic N) is 3. The van der Waals surface area contributed by atoms with Gasteiger partial charge in [0.25, 0.3) is 0 Å². The van der Waals surface area contributed by atoms with E-state index >= 15 is 0 Å². The smallest absolute Gasteiger partial charge is 0.242 e. The van der Waals surface area contributed by atoms with Crippen LogP contribution < -0.4 is 10.2 Å². The zero-order valence-electron chi connectivity index (χ0n) is 16.3. The van der Waals surface area contributed by atoms with Gasteiger partial charge in [-0.3, -0.25) is 4.79 Å². The van der Waals surface area contributed by atoms with E-state index in [9.17, 15) is 20.6 Å². The summed E-state index contributed by atoms with van der Waals surface area (Å²) in [6.07, 6.45) is 0.563. The highest BCUT2D eigenvalue weighted by atomic mass is 16.2. The van der Waals surface area contributed by atoms with E-state index in [2.05, 4.69) is 25.2 Å². The fraction of sp³-hybridized carbons (Fsp3) is 0.409. The Hall–Kier alpha value is -3.47. The second-order valence-corrected chi connectivity index (χ2v) is 8.19. The van der Waals surface area contributed by atoms with Gasteiger partial charge < -0.3 is 15.6 Å². The third kappa shape index (κ3) is 2.07. The molecular weight excluding hydrogens is 364 g/mol. The zero-order valence-corrected chi connectivity index (χ0v) is 16.3. The summed E-state index contributed by atoms with van der Waals surface area (Å²) in [6.45, 7) is 5.42. The predicted octanol–water partition coefficient (Wildman–Crippen LogP) is 1.08. The highest BCUT2D eigenvalue weighted by Gasteiger charge is 2.71. The summed E-state index contributed by atoms with van der Waals surface area (Å²) in [4.78, 5) is 14.8. The van der Waals surface area contributed by atoms with Crippen molar-refractivity contribution in [3.05, 3.63) is 41.0 Å². The Balaban J connectivity index is 2.14. The third-order valence-corrected chi connectivity index (χ3v) is 6.76. The number of carbonyl (C=O) groups is 1. The van der Waals surface area contributed by atoms with Gasteiger partial charge in [0.1, 0.15) is 17.9 Å². The molecule has 0 fully saturated rings. The van der Waals surface area contributed by atoms with Crippen LogP contribution in [-0.4, -0.2) is 30.8 Å². The fourth-order valence-electron chi connectivity index (χ4n) is 5.26. The van der Waals surface area contributed by atoms with Gasteiger partial charge in [0.05, 0.1) is 36.5 Å². The van der Waals surface area contributed by atoms with Gasteiger partial charge in [0.15, 0.2) is 0 Å². The van der Waals surface area contributed by atoms with Gasteiger partial charge >= 0.3 is 0 Å². The molecule has 2 heterocycles. The number of hydrogen-bond acceptors (Lipinski definition) is 5. The number of para-hydroxylation sites is 1. The Labute approximate surface area is 169 Å². The second kappa shape index (κ2) is 6.27. The molecule has 2 unspecified atom stereocenters. The van der Waals surface area contributed by atoms with E-state index in [0.29, 0.717) is 29.8 Å². The molecule has 1 aliphatic carbocycles. The largest absolute Gasteiger partial charge is 0.329 e. The van der Waals surface area contributed by atoms with E-state index in [4.69, 9.17) is 5.41 Å². The quantitative estimate of drug-likeness (QED) is 0.625. The number of anilines is 1. The van der Waals surface area contributed by atoms with Crippen molar-refractivity contribution in [3.63, 3.8) is 0 Å². The minimum atomic E-state index is -2.07. The molecule has 1 aromatic rings. The molecule has 1 amide bonds. The molecule has 0 saturated heterocycles. The van der Waals surface area contributed by atoms with Gasteiger partial charge in [0.2, 0.25) is 11.3 Å². The van der Waals surface area contributed by atoms with Crippen LogP contribution >= 0.6 is 0 Å². The number of benzene rings is 1. The van der Waals surface area contributed by atoms with Gasteiger partial charge in [0, 0.05) is 17.7 Å². The number of fused-ring (bicyclic) bond motifs is 3. The van der Waals surface area contributed by atoms with Crippen LogP contribution in [0, 0.1) is 50.7 Å². The van der Waals surface area contributed by atoms with Crippen LogP contribution in [0.4, 0.5) is 5.69 Å². The molecule has 3 N–H and O–H groups in total. The number of nitriles is 3. The fourth-order valence-corrected chi connectivity index (χ4v) is 5.26. The molecule has 1 aromatic carbocycles. The summed E-state index contributed by atoms with van der Waals surface area (Å²) in [7, 11) is 0. The normalized spacial score (nSPS) is 29.5. The molecule has 7 heteroatoms. The number of carbonyl (C=O) groups excluding carboxylic acids is 1. The molecule has 0 aromatic heterocycles. The van der Waals surface area contributed by atoms with Gasteiger partial charge in [-0.25, -0.2) is 0 Å². The van der Waals surface area contributed by atoms with Crippen LogP contribution in [0.1, 0.15) is 25.8 Å². The predicted molar refractivity (Wildman–Crippen MR) is 105 cm³/mol. The van der Waals surface area contributed by atoms with Crippen molar-refractivity contribution in [2.75, 3.05) is 18.4 Å². The Bertz CT molecular complexity index is 1080. The standard InChI is InChI=1S/C22H20N6O/c1-13(2)28-8-7-14-15(9-23)19(26)21(11-24,12-25)22(17(14)10-28)16-5-3-4-6-18(16)27-20(22)29/h3-6,13,15,26H,7-8,10H2,1-2H3,(H,27,29)/p+1/t15?,22-/m0/s1. The molecular formula is C22H21N6O+. The number of amides is 1. The average molecular weight is 385 g/mol. The van der Waals surface area contributed by atoms with E-state index in [1.54, 1.807) is 24.3 Å². The molecule has 144 valence electrons. The minimum Gasteiger partial charge on any atom is -0.329 e. The summed E-state index contributed by atoms with van der Waals surface area (Å²) >= 11 is 0. The molecule has 0 saturated carbocycles. The van der Waals surface area contributed by atoms with Crippen LogP contribution in [0.3, 0.4) is 0 Å². The molecule has 1 spiro atoms. The summed E-state index contributed by atoms with van der Waals surface area (Å²) in [5, 5.41) is 41.9. The minimum absolute atomic E-state index is 0.279. The number of hydrogen-bond donors (Lipinski definition) is 3. The number of rotatable bonds is 1. The monoisotopic (exact) mass is 385 g/mol. The SMILES string of the molecule is CC(C)[NH+]1CCC2=C(C1)[C@@]1(C(=O)Nc3ccccc31)C(C#N)(C#N)C(=N)C2C#N. The molecule has 7 nitrogen and oxygen atoms in total. The van der Waals surface area contributed by atoms with Crippen molar-refractivity contribution in [2.24, 2.45) is 11.3 Å². The maximum atomic E-state index is 13.6. The summed E-state index contributed by atoms with van der Waals surface area (Å²) in [5.74, 6) is -1.41. The molecule has 29 heavy (non-hydrogen) atoms. The van der Waals surface area contributed by atoms with Crippen LogP contribution in [0.2, 0.25) is 0 Å². The van der Waals surface area contributed by atoms with Crippen molar-refractivity contribution in [3.8, 4) is 18.2 Å². The topological polar surface area (TPSA) is 129 Å². The Morgan fingerprint density at radius 1 is 1.24 bits per heavy atom. The third-order valence-electron chi connectivity index (χ3n) is 6.76. The molecule has 3 aliphatic rings. The molecule has 4 rings (SSSR count). The van der Waals surface area contributed by atoms with E-state index in [0.717, 1.165) is 12.1 Å². The van der Waals surface area contributed by atoms with Crippen molar-refractivity contribution >= 4 is 17.3 Å². The molecule has 3 atom stereocenters. The molecule has 2 aliphatic heterocycles. The van der Waals surface area contributed by atoms with Crippen molar-refractivity contribution < 1.29 is 9.69 Å². The van der Waals surface area contributed by atoms with Crippen LogP contribution in [-0.2, 0) is 10.2 Å². The van der Waals surface area contributed by atoms with E-state index < -0.39 is 22.7 Å². The lowest BCUT2D eigenvalue weighted by Gasteiger charge is -2.48. The van der Waals surface area contributed by atoms with E-state index in [-0.39, 0.29) is 11.8 Å². The van der Waals surface area contributed by atoms with Gasteiger partial charge in [-0.1, -0.05) is 18.2 Å². The van der Waals surface area contributed by atoms with E-state index in [1.165, 1.54) is 4.90 Å². The van der Waals surface area contributed by atoms with Gasteiger partial charge in [-0.15, -0.1) is 0 Å². The van der Waals surface area contributed by atoms with Crippen LogP contribution in [0.5, 0.6) is 0 Å². The lowest BCUT2D eigenvalue weighted by molar-refractivity contribution is -0.918. The molecule has 0 bridgehead atoms. The van der Waals surface area contributed by atoms with E-state index in [1.807, 2.05) is 12.1 Å². The zero-order chi connectivity index (χ0) is 21.0. The maximum absolute atomic E-state index is 13.6. The summed E-state index contributed by atoms with van der Waals surface area (Å²) < 4.78 is 0. The summed E-state index contributed by atoms with van der Waals surface area (Å²) in [5.41, 5.74) is -1.46. The Morgan fingerprint density at radius 2 is 1.93 bits per heavy atom. The van der Waals surface area contributed by atoms with Crippen molar-refractivity contribution in [1.82, 2.24) is 0 Å². The number of quaternary nitrogens is 1. The Kier molecular flexibility index (Phi) is 4.08. The highest BCUT2D eigenvalue weighted by Crippen LogP contribution is 2.59. The van der Waals surface area contributed by atoms with Crippen LogP contribution in [0.15, 0.2) is 35.4 Å². The average Bonchev–Trinajstić information content (AvgIpc) is 3.02. The second-order valence-electron chi connectivity index (χ2n) is 8.19. The number of nitrogens with one attached hydrogen (secondary N) is 3. The van der Waals surface area contributed by atoms with Crippen molar-refractivity contribution in [2.45, 2.75) is 31.7 Å². The summed E-state index contributed by atoms with van der Waals surface area (Å²) in [6, 6.07) is 13.5. The lowest BCUT2D eigenvalue weighted by atomic mass is 9.49. The highest BCUT2D eigenvalue weighted by molar-refractivity contribution is 6.17. The first-order valence-electron chi connectivity index (χ1n) is 9.68. The molecule has 0 radical (unpaired) electrons. The first-order chi connectivity index (χ1) is 13.9. The first kappa shape index (κ1) is 18.9.